The average Bonchev–Trinajstić information content (AvgIpc) is 2.65. The average molecular weight is 212 g/mol. The van der Waals surface area contributed by atoms with Gasteiger partial charge in [0.05, 0.1) is 12.2 Å². The van der Waals surface area contributed by atoms with Crippen LogP contribution in [0.25, 0.3) is 0 Å². The van der Waals surface area contributed by atoms with Gasteiger partial charge in [0.25, 0.3) is 0 Å². The van der Waals surface area contributed by atoms with Gasteiger partial charge in [-0.2, -0.15) is 0 Å². The Morgan fingerprint density at radius 2 is 1.93 bits per heavy atom. The molecular weight excluding hydrogens is 188 g/mol. The first-order valence-corrected chi connectivity index (χ1v) is 6.32. The van der Waals surface area contributed by atoms with Crippen molar-refractivity contribution in [1.82, 2.24) is 10.2 Å². The van der Waals surface area contributed by atoms with Gasteiger partial charge in [-0.3, -0.25) is 0 Å². The van der Waals surface area contributed by atoms with E-state index in [0.29, 0.717) is 12.2 Å². The predicted octanol–water partition coefficient (Wildman–Crippen LogP) is 1.24. The third-order valence-corrected chi connectivity index (χ3v) is 3.74. The summed E-state index contributed by atoms with van der Waals surface area (Å²) < 4.78 is 5.87. The number of nitrogens with one attached hydrogen (secondary N) is 1. The van der Waals surface area contributed by atoms with Crippen LogP contribution >= 0.6 is 0 Å². The van der Waals surface area contributed by atoms with Gasteiger partial charge < -0.3 is 15.0 Å². The van der Waals surface area contributed by atoms with Crippen LogP contribution in [0.15, 0.2) is 0 Å². The lowest BCUT2D eigenvalue weighted by Crippen LogP contribution is -2.43. The van der Waals surface area contributed by atoms with Crippen molar-refractivity contribution in [1.29, 1.82) is 0 Å². The summed E-state index contributed by atoms with van der Waals surface area (Å²) in [4.78, 5) is 2.50. The smallest absolute Gasteiger partial charge is 0.0706 e. The normalized spacial score (nSPS) is 33.8. The molecular formula is C12H24N2O. The minimum Gasteiger partial charge on any atom is -0.374 e. The molecule has 2 aliphatic heterocycles. The number of hydrogen-bond donors (Lipinski definition) is 1. The fraction of sp³-hybridized carbons (Fsp3) is 1.00. The van der Waals surface area contributed by atoms with Gasteiger partial charge in [-0.1, -0.05) is 0 Å². The van der Waals surface area contributed by atoms with Gasteiger partial charge in [0, 0.05) is 12.6 Å². The molecule has 15 heavy (non-hydrogen) atoms. The lowest BCUT2D eigenvalue weighted by atomic mass is 10.0. The molecule has 0 amide bonds. The molecule has 2 unspecified atom stereocenters. The Hall–Kier alpha value is -0.120. The maximum atomic E-state index is 5.87. The molecule has 3 nitrogen and oxygen atoms in total. The Kier molecular flexibility index (Phi) is 4.00. The molecule has 2 saturated heterocycles. The quantitative estimate of drug-likeness (QED) is 0.762. The largest absolute Gasteiger partial charge is 0.374 e. The van der Waals surface area contributed by atoms with E-state index in [1.807, 2.05) is 0 Å². The van der Waals surface area contributed by atoms with Crippen molar-refractivity contribution in [2.24, 2.45) is 0 Å². The van der Waals surface area contributed by atoms with Crippen LogP contribution < -0.4 is 5.32 Å². The van der Waals surface area contributed by atoms with Crippen LogP contribution in [-0.2, 0) is 4.74 Å². The number of nitrogens with zero attached hydrogens (tertiary/aromatic N) is 1. The van der Waals surface area contributed by atoms with Crippen molar-refractivity contribution < 1.29 is 4.74 Å². The van der Waals surface area contributed by atoms with Crippen molar-refractivity contribution in [2.75, 3.05) is 26.7 Å². The van der Waals surface area contributed by atoms with Crippen molar-refractivity contribution in [2.45, 2.75) is 50.9 Å². The Balaban J connectivity index is 1.73. The third-order valence-electron chi connectivity index (χ3n) is 3.74. The molecule has 0 aromatic carbocycles. The van der Waals surface area contributed by atoms with E-state index >= 15 is 0 Å². The lowest BCUT2D eigenvalue weighted by molar-refractivity contribution is 0.0252. The highest BCUT2D eigenvalue weighted by atomic mass is 16.5. The molecule has 3 heteroatoms. The second-order valence-electron chi connectivity index (χ2n) is 5.07. The van der Waals surface area contributed by atoms with E-state index in [-0.39, 0.29) is 0 Å². The molecule has 2 heterocycles. The van der Waals surface area contributed by atoms with E-state index in [1.54, 1.807) is 0 Å². The highest BCUT2D eigenvalue weighted by molar-refractivity contribution is 4.80. The van der Waals surface area contributed by atoms with Crippen molar-refractivity contribution in [3.05, 3.63) is 0 Å². The SMILES string of the molecule is CC1CCC(CN(C)C2CCNCC2)O1. The van der Waals surface area contributed by atoms with Gasteiger partial charge in [-0.05, 0) is 52.7 Å². The van der Waals surface area contributed by atoms with Crippen LogP contribution in [-0.4, -0.2) is 49.8 Å². The fourth-order valence-corrected chi connectivity index (χ4v) is 2.74. The summed E-state index contributed by atoms with van der Waals surface area (Å²) in [6, 6.07) is 0.769. The first-order valence-electron chi connectivity index (χ1n) is 6.32. The summed E-state index contributed by atoms with van der Waals surface area (Å²) in [5.41, 5.74) is 0. The molecule has 0 spiro atoms. The summed E-state index contributed by atoms with van der Waals surface area (Å²) in [5.74, 6) is 0. The zero-order chi connectivity index (χ0) is 10.7. The summed E-state index contributed by atoms with van der Waals surface area (Å²) in [5, 5.41) is 3.41. The van der Waals surface area contributed by atoms with Gasteiger partial charge in [0.15, 0.2) is 0 Å². The van der Waals surface area contributed by atoms with Crippen LogP contribution in [0.5, 0.6) is 0 Å². The molecule has 2 aliphatic rings. The molecule has 1 N–H and O–H groups in total. The topological polar surface area (TPSA) is 24.5 Å². The second kappa shape index (κ2) is 5.28. The van der Waals surface area contributed by atoms with Crippen LogP contribution in [0.4, 0.5) is 0 Å². The summed E-state index contributed by atoms with van der Waals surface area (Å²) in [6.07, 6.45) is 6.04. The molecule has 2 atom stereocenters. The Labute approximate surface area is 93.2 Å². The van der Waals surface area contributed by atoms with E-state index in [0.717, 1.165) is 12.6 Å². The third kappa shape index (κ3) is 3.16. The highest BCUT2D eigenvalue weighted by Gasteiger charge is 2.25. The number of rotatable bonds is 3. The fourth-order valence-electron chi connectivity index (χ4n) is 2.74. The Morgan fingerprint density at radius 3 is 2.53 bits per heavy atom. The molecule has 0 radical (unpaired) electrons. The van der Waals surface area contributed by atoms with E-state index in [2.05, 4.69) is 24.2 Å². The Morgan fingerprint density at radius 1 is 1.20 bits per heavy atom. The molecule has 2 fully saturated rings. The highest BCUT2D eigenvalue weighted by Crippen LogP contribution is 2.21. The molecule has 0 bridgehead atoms. The van der Waals surface area contributed by atoms with Crippen LogP contribution in [0, 0.1) is 0 Å². The standard InChI is InChI=1S/C12H24N2O/c1-10-3-4-12(15-10)9-14(2)11-5-7-13-8-6-11/h10-13H,3-9H2,1-2H3. The van der Waals surface area contributed by atoms with E-state index < -0.39 is 0 Å². The van der Waals surface area contributed by atoms with Crippen LogP contribution in [0.2, 0.25) is 0 Å². The number of ether oxygens (including phenoxy) is 1. The molecule has 2 rings (SSSR count). The zero-order valence-corrected chi connectivity index (χ0v) is 10.0. The van der Waals surface area contributed by atoms with Gasteiger partial charge in [0.2, 0.25) is 0 Å². The Bertz CT molecular complexity index is 192. The lowest BCUT2D eigenvalue weighted by Gasteiger charge is -2.33. The number of hydrogen-bond acceptors (Lipinski definition) is 3. The number of likely N-dealkylation sites (N-methyl/N-ethyl adjacent to an activating group) is 1. The molecule has 0 aliphatic carbocycles. The zero-order valence-electron chi connectivity index (χ0n) is 10.0. The van der Waals surface area contributed by atoms with Gasteiger partial charge in [0.1, 0.15) is 0 Å². The van der Waals surface area contributed by atoms with Gasteiger partial charge >= 0.3 is 0 Å². The summed E-state index contributed by atoms with van der Waals surface area (Å²) >= 11 is 0. The minimum atomic E-state index is 0.483. The molecule has 0 saturated carbocycles. The molecule has 0 aromatic rings. The predicted molar refractivity (Wildman–Crippen MR) is 62.1 cm³/mol. The van der Waals surface area contributed by atoms with Gasteiger partial charge in [-0.25, -0.2) is 0 Å². The van der Waals surface area contributed by atoms with E-state index in [9.17, 15) is 0 Å². The monoisotopic (exact) mass is 212 g/mol. The summed E-state index contributed by atoms with van der Waals surface area (Å²) in [6.45, 7) is 5.66. The van der Waals surface area contributed by atoms with E-state index in [4.69, 9.17) is 4.74 Å². The maximum absolute atomic E-state index is 5.87. The second-order valence-corrected chi connectivity index (χ2v) is 5.07. The molecule has 88 valence electrons. The van der Waals surface area contributed by atoms with Crippen molar-refractivity contribution in [3.63, 3.8) is 0 Å². The minimum absolute atomic E-state index is 0.483. The first-order chi connectivity index (χ1) is 7.25. The van der Waals surface area contributed by atoms with Gasteiger partial charge in [-0.15, -0.1) is 0 Å². The van der Waals surface area contributed by atoms with Crippen molar-refractivity contribution in [3.8, 4) is 0 Å². The van der Waals surface area contributed by atoms with E-state index in [1.165, 1.54) is 38.8 Å². The molecule has 0 aromatic heterocycles. The summed E-state index contributed by atoms with van der Waals surface area (Å²) in [7, 11) is 2.25. The maximum Gasteiger partial charge on any atom is 0.0706 e. The van der Waals surface area contributed by atoms with Crippen molar-refractivity contribution >= 4 is 0 Å². The van der Waals surface area contributed by atoms with Crippen LogP contribution in [0.1, 0.15) is 32.6 Å². The first kappa shape index (κ1) is 11.4. The number of piperidine rings is 1. The van der Waals surface area contributed by atoms with Crippen LogP contribution in [0.3, 0.4) is 0 Å².